The van der Waals surface area contributed by atoms with E-state index in [1.54, 1.807) is 0 Å². The molecule has 1 aliphatic heterocycles. The Balaban J connectivity index is 1.59. The lowest BCUT2D eigenvalue weighted by Gasteiger charge is -2.33. The van der Waals surface area contributed by atoms with Gasteiger partial charge in [-0.3, -0.25) is 4.79 Å². The van der Waals surface area contributed by atoms with E-state index in [1.165, 1.54) is 18.0 Å². The number of carbonyl (C=O) groups excluding carboxylic acids is 1. The Bertz CT molecular complexity index is 648. The lowest BCUT2D eigenvalue weighted by atomic mass is 10.1. The SMILES string of the molecule is CS(=O)(=O)N[C@H]1C[C@@H]2C[C@H]1N(C(=O)CSc1ccccc1)C2. The molecule has 3 rings (SSSR count). The first-order valence-corrected chi connectivity index (χ1v) is 10.2. The Morgan fingerprint density at radius 1 is 1.32 bits per heavy atom. The first-order valence-electron chi connectivity index (χ1n) is 7.37. The number of rotatable bonds is 5. The summed E-state index contributed by atoms with van der Waals surface area (Å²) in [6.45, 7) is 0.765. The number of nitrogens with zero attached hydrogens (tertiary/aromatic N) is 1. The smallest absolute Gasteiger partial charge is 0.233 e. The number of hydrogen-bond donors (Lipinski definition) is 1. The van der Waals surface area contributed by atoms with Crippen LogP contribution < -0.4 is 4.72 Å². The lowest BCUT2D eigenvalue weighted by Crippen LogP contribution is -2.52. The van der Waals surface area contributed by atoms with Gasteiger partial charge in [-0.05, 0) is 30.9 Å². The number of fused-ring (bicyclic) bond motifs is 2. The quantitative estimate of drug-likeness (QED) is 0.821. The summed E-state index contributed by atoms with van der Waals surface area (Å²) in [5.74, 6) is 0.926. The molecule has 0 spiro atoms. The van der Waals surface area contributed by atoms with Gasteiger partial charge in [-0.1, -0.05) is 18.2 Å². The molecule has 2 fully saturated rings. The van der Waals surface area contributed by atoms with Gasteiger partial charge < -0.3 is 4.90 Å². The van der Waals surface area contributed by atoms with Crippen molar-refractivity contribution < 1.29 is 13.2 Å². The van der Waals surface area contributed by atoms with E-state index in [4.69, 9.17) is 0 Å². The van der Waals surface area contributed by atoms with Crippen molar-refractivity contribution in [3.8, 4) is 0 Å². The Morgan fingerprint density at radius 3 is 2.68 bits per heavy atom. The molecule has 1 aromatic carbocycles. The second-order valence-electron chi connectivity index (χ2n) is 6.05. The number of nitrogens with one attached hydrogen (secondary N) is 1. The summed E-state index contributed by atoms with van der Waals surface area (Å²) in [6, 6.07) is 9.73. The average Bonchev–Trinajstić information content (AvgIpc) is 3.04. The van der Waals surface area contributed by atoms with Crippen molar-refractivity contribution in [2.45, 2.75) is 29.8 Å². The zero-order valence-corrected chi connectivity index (χ0v) is 14.1. The predicted molar refractivity (Wildman–Crippen MR) is 87.2 cm³/mol. The summed E-state index contributed by atoms with van der Waals surface area (Å²) in [4.78, 5) is 15.4. The molecule has 0 unspecified atom stereocenters. The first kappa shape index (κ1) is 15.8. The fraction of sp³-hybridized carbons (Fsp3) is 0.533. The maximum Gasteiger partial charge on any atom is 0.233 e. The summed E-state index contributed by atoms with van der Waals surface area (Å²) < 4.78 is 25.5. The van der Waals surface area contributed by atoms with Crippen LogP contribution in [0.4, 0.5) is 0 Å². The van der Waals surface area contributed by atoms with E-state index < -0.39 is 10.0 Å². The molecular formula is C15H20N2O3S2. The van der Waals surface area contributed by atoms with Crippen molar-refractivity contribution in [1.29, 1.82) is 0 Å². The number of likely N-dealkylation sites (tertiary alicyclic amines) is 1. The van der Waals surface area contributed by atoms with E-state index in [2.05, 4.69) is 4.72 Å². The molecule has 3 atom stereocenters. The minimum absolute atomic E-state index is 0.0172. The van der Waals surface area contributed by atoms with Crippen molar-refractivity contribution >= 4 is 27.7 Å². The molecule has 1 amide bonds. The molecule has 0 radical (unpaired) electrons. The second kappa shape index (κ2) is 6.22. The van der Waals surface area contributed by atoms with Crippen molar-refractivity contribution in [3.05, 3.63) is 30.3 Å². The minimum atomic E-state index is -3.23. The van der Waals surface area contributed by atoms with Crippen LogP contribution in [0.15, 0.2) is 35.2 Å². The third kappa shape index (κ3) is 3.64. The molecule has 1 saturated carbocycles. The van der Waals surface area contributed by atoms with E-state index >= 15 is 0 Å². The first-order chi connectivity index (χ1) is 10.4. The Morgan fingerprint density at radius 2 is 2.05 bits per heavy atom. The van der Waals surface area contributed by atoms with Crippen LogP contribution in [0.3, 0.4) is 0 Å². The molecular weight excluding hydrogens is 320 g/mol. The van der Waals surface area contributed by atoms with Crippen LogP contribution in [0, 0.1) is 5.92 Å². The highest BCUT2D eigenvalue weighted by Gasteiger charge is 2.47. The topological polar surface area (TPSA) is 66.5 Å². The van der Waals surface area contributed by atoms with E-state index in [0.29, 0.717) is 11.7 Å². The minimum Gasteiger partial charge on any atom is -0.337 e. The standard InChI is InChI=1S/C15H20N2O3S2/c1-22(19,20)16-13-7-11-8-14(13)17(9-11)15(18)10-21-12-5-3-2-4-6-12/h2-6,11,13-14,16H,7-10H2,1H3/t11-,13+,14-/m1/s1. The number of carbonyl (C=O) groups is 1. The van der Waals surface area contributed by atoms with Crippen LogP contribution in [0.5, 0.6) is 0 Å². The number of benzene rings is 1. The van der Waals surface area contributed by atoms with Gasteiger partial charge in [0.1, 0.15) is 0 Å². The molecule has 1 N–H and O–H groups in total. The van der Waals surface area contributed by atoms with Gasteiger partial charge in [0.25, 0.3) is 0 Å². The van der Waals surface area contributed by atoms with Crippen LogP contribution in [0.2, 0.25) is 0 Å². The van der Waals surface area contributed by atoms with Gasteiger partial charge in [0, 0.05) is 23.5 Å². The number of piperidine rings is 1. The molecule has 2 aliphatic rings. The molecule has 5 nitrogen and oxygen atoms in total. The summed E-state index contributed by atoms with van der Waals surface area (Å²) in [5, 5.41) is 0. The van der Waals surface area contributed by atoms with Crippen LogP contribution in [0.25, 0.3) is 0 Å². The van der Waals surface area contributed by atoms with Gasteiger partial charge in [0.15, 0.2) is 0 Å². The fourth-order valence-electron chi connectivity index (χ4n) is 3.46. The number of amides is 1. The third-order valence-corrected chi connectivity index (χ3v) is 6.00. The van der Waals surface area contributed by atoms with E-state index in [-0.39, 0.29) is 18.0 Å². The average molecular weight is 340 g/mol. The summed E-state index contributed by atoms with van der Waals surface area (Å²) in [6.07, 6.45) is 2.93. The Labute approximate surface area is 135 Å². The van der Waals surface area contributed by atoms with E-state index in [9.17, 15) is 13.2 Å². The van der Waals surface area contributed by atoms with Crippen LogP contribution in [-0.2, 0) is 14.8 Å². The number of hydrogen-bond acceptors (Lipinski definition) is 4. The molecule has 120 valence electrons. The molecule has 22 heavy (non-hydrogen) atoms. The second-order valence-corrected chi connectivity index (χ2v) is 8.88. The van der Waals surface area contributed by atoms with Gasteiger partial charge >= 0.3 is 0 Å². The molecule has 1 saturated heterocycles. The molecule has 1 heterocycles. The van der Waals surface area contributed by atoms with Crippen LogP contribution in [-0.4, -0.2) is 49.9 Å². The fourth-order valence-corrected chi connectivity index (χ4v) is 5.07. The Kier molecular flexibility index (Phi) is 4.47. The maximum absolute atomic E-state index is 12.4. The van der Waals surface area contributed by atoms with Crippen molar-refractivity contribution in [1.82, 2.24) is 9.62 Å². The zero-order valence-electron chi connectivity index (χ0n) is 12.4. The summed E-state index contributed by atoms with van der Waals surface area (Å²) >= 11 is 1.53. The molecule has 1 aliphatic carbocycles. The molecule has 0 aromatic heterocycles. The van der Waals surface area contributed by atoms with Gasteiger partial charge in [0.05, 0.1) is 12.0 Å². The van der Waals surface area contributed by atoms with Gasteiger partial charge in [-0.25, -0.2) is 13.1 Å². The van der Waals surface area contributed by atoms with Gasteiger partial charge in [0.2, 0.25) is 15.9 Å². The van der Waals surface area contributed by atoms with Crippen molar-refractivity contribution in [2.24, 2.45) is 5.92 Å². The Hall–Kier alpha value is -1.05. The monoisotopic (exact) mass is 340 g/mol. The number of sulfonamides is 1. The lowest BCUT2D eigenvalue weighted by molar-refractivity contribution is -0.130. The molecule has 1 aromatic rings. The van der Waals surface area contributed by atoms with Gasteiger partial charge in [-0.2, -0.15) is 0 Å². The third-order valence-electron chi connectivity index (χ3n) is 4.27. The highest BCUT2D eigenvalue weighted by molar-refractivity contribution is 8.00. The van der Waals surface area contributed by atoms with Crippen molar-refractivity contribution in [3.63, 3.8) is 0 Å². The molecule has 2 bridgehead atoms. The van der Waals surface area contributed by atoms with Crippen LogP contribution >= 0.6 is 11.8 Å². The normalized spacial score (nSPS) is 27.3. The number of thioether (sulfide) groups is 1. The van der Waals surface area contributed by atoms with Crippen LogP contribution in [0.1, 0.15) is 12.8 Å². The summed E-state index contributed by atoms with van der Waals surface area (Å²) in [5.41, 5.74) is 0. The highest BCUT2D eigenvalue weighted by atomic mass is 32.2. The highest BCUT2D eigenvalue weighted by Crippen LogP contribution is 2.38. The van der Waals surface area contributed by atoms with Gasteiger partial charge in [-0.15, -0.1) is 11.8 Å². The van der Waals surface area contributed by atoms with E-state index in [1.807, 2.05) is 35.2 Å². The maximum atomic E-state index is 12.4. The predicted octanol–water partition coefficient (Wildman–Crippen LogP) is 1.32. The summed E-state index contributed by atoms with van der Waals surface area (Å²) in [7, 11) is -3.23. The van der Waals surface area contributed by atoms with Crippen molar-refractivity contribution in [2.75, 3.05) is 18.6 Å². The van der Waals surface area contributed by atoms with E-state index in [0.717, 1.165) is 24.3 Å². The largest absolute Gasteiger partial charge is 0.337 e. The molecule has 7 heteroatoms. The zero-order chi connectivity index (χ0) is 15.7.